The highest BCUT2D eigenvalue weighted by molar-refractivity contribution is 6.26. The Morgan fingerprint density at radius 1 is 0.511 bits per heavy atom. The molecule has 7 aromatic rings. The zero-order valence-electron chi connectivity index (χ0n) is 26.5. The van der Waals surface area contributed by atoms with E-state index in [1.807, 2.05) is 0 Å². The average molecular weight is 580 g/mol. The van der Waals surface area contributed by atoms with E-state index in [2.05, 4.69) is 160 Å². The molecule has 0 atom stereocenters. The molecular formula is C44H37N. The summed E-state index contributed by atoms with van der Waals surface area (Å²) in [6, 6.07) is 43.5. The first-order valence-corrected chi connectivity index (χ1v) is 16.1. The van der Waals surface area contributed by atoms with Crippen LogP contribution >= 0.6 is 0 Å². The van der Waals surface area contributed by atoms with Gasteiger partial charge in [-0.25, -0.2) is 0 Å². The van der Waals surface area contributed by atoms with Crippen molar-refractivity contribution in [2.24, 2.45) is 0 Å². The van der Waals surface area contributed by atoms with Gasteiger partial charge in [0.05, 0.1) is 5.69 Å². The maximum Gasteiger partial charge on any atom is 0.0546 e. The number of hydrogen-bond acceptors (Lipinski definition) is 1. The Morgan fingerprint density at radius 3 is 1.73 bits per heavy atom. The summed E-state index contributed by atoms with van der Waals surface area (Å²) < 4.78 is 0. The maximum absolute atomic E-state index is 2.48. The second-order valence-corrected chi connectivity index (χ2v) is 12.9. The molecule has 0 saturated carbocycles. The Hall–Kier alpha value is -5.14. The molecule has 0 bridgehead atoms. The predicted octanol–water partition coefficient (Wildman–Crippen LogP) is 12.5. The molecule has 0 N–H and O–H groups in total. The minimum atomic E-state index is 1.07. The van der Waals surface area contributed by atoms with Crippen molar-refractivity contribution in [1.82, 2.24) is 0 Å². The van der Waals surface area contributed by atoms with Crippen molar-refractivity contribution in [1.29, 1.82) is 0 Å². The van der Waals surface area contributed by atoms with E-state index in [1.54, 1.807) is 0 Å². The molecule has 0 radical (unpaired) electrons. The van der Waals surface area contributed by atoms with E-state index in [4.69, 9.17) is 0 Å². The van der Waals surface area contributed by atoms with Gasteiger partial charge in [-0.05, 0) is 148 Å². The van der Waals surface area contributed by atoms with Crippen LogP contribution in [0.2, 0.25) is 0 Å². The Kier molecular flexibility index (Phi) is 6.57. The minimum Gasteiger partial charge on any atom is -0.310 e. The van der Waals surface area contributed by atoms with Crippen LogP contribution in [0.15, 0.2) is 121 Å². The standard InChI is InChI=1S/C44H37N/c1-28-20-29(2)23-34(22-28)45(35-24-30(3)21-31(4)25-35)43-27-33-26-42(37-19-11-13-32-12-5-6-14-36(32)37)38-15-7-9-17-40(38)44(33)41-18-10-8-16-39(41)43/h5,7-13,15-27H,6,14H2,1-4H3. The van der Waals surface area contributed by atoms with Crippen LogP contribution in [0.3, 0.4) is 0 Å². The molecule has 7 aromatic carbocycles. The summed E-state index contributed by atoms with van der Waals surface area (Å²) in [6.45, 7) is 8.79. The van der Waals surface area contributed by atoms with E-state index in [0.29, 0.717) is 0 Å². The van der Waals surface area contributed by atoms with Crippen LogP contribution in [0, 0.1) is 27.7 Å². The Bertz CT molecular complexity index is 2230. The number of fused-ring (bicyclic) bond motifs is 6. The third kappa shape index (κ3) is 4.71. The van der Waals surface area contributed by atoms with Gasteiger partial charge in [0.1, 0.15) is 0 Å². The molecule has 8 rings (SSSR count). The van der Waals surface area contributed by atoms with E-state index in [0.717, 1.165) is 12.8 Å². The summed E-state index contributed by atoms with van der Waals surface area (Å²) in [5, 5.41) is 7.74. The van der Waals surface area contributed by atoms with Crippen LogP contribution in [0.25, 0.3) is 49.5 Å². The molecule has 1 heteroatoms. The third-order valence-electron chi connectivity index (χ3n) is 9.37. The molecule has 0 fully saturated rings. The summed E-state index contributed by atoms with van der Waals surface area (Å²) in [7, 11) is 0. The van der Waals surface area contributed by atoms with Crippen LogP contribution in [0.5, 0.6) is 0 Å². The first-order chi connectivity index (χ1) is 21.9. The molecule has 1 aliphatic rings. The lowest BCUT2D eigenvalue weighted by Crippen LogP contribution is -2.12. The van der Waals surface area contributed by atoms with Crippen LogP contribution < -0.4 is 4.90 Å². The maximum atomic E-state index is 2.48. The highest BCUT2D eigenvalue weighted by atomic mass is 15.1. The zero-order chi connectivity index (χ0) is 30.7. The summed E-state index contributed by atoms with van der Waals surface area (Å²) >= 11 is 0. The molecular weight excluding hydrogens is 542 g/mol. The summed E-state index contributed by atoms with van der Waals surface area (Å²) in [5.41, 5.74) is 14.1. The van der Waals surface area contributed by atoms with Gasteiger partial charge in [-0.3, -0.25) is 0 Å². The average Bonchev–Trinajstić information content (AvgIpc) is 3.03. The molecule has 1 nitrogen and oxygen atoms in total. The fourth-order valence-corrected chi connectivity index (χ4v) is 7.69. The summed E-state index contributed by atoms with van der Waals surface area (Å²) in [6.07, 6.45) is 6.76. The molecule has 0 amide bonds. The molecule has 0 spiro atoms. The van der Waals surface area contributed by atoms with Crippen molar-refractivity contribution < 1.29 is 0 Å². The number of anilines is 3. The third-order valence-corrected chi connectivity index (χ3v) is 9.37. The lowest BCUT2D eigenvalue weighted by molar-refractivity contribution is 0.988. The van der Waals surface area contributed by atoms with Gasteiger partial charge in [0.2, 0.25) is 0 Å². The largest absolute Gasteiger partial charge is 0.310 e. The summed E-state index contributed by atoms with van der Waals surface area (Å²) in [5.74, 6) is 0. The molecule has 0 heterocycles. The number of benzene rings is 7. The van der Waals surface area contributed by atoms with Crippen LogP contribution in [0.4, 0.5) is 17.1 Å². The molecule has 45 heavy (non-hydrogen) atoms. The van der Waals surface area contributed by atoms with Crippen molar-refractivity contribution in [3.8, 4) is 11.1 Å². The van der Waals surface area contributed by atoms with E-state index in [1.165, 1.54) is 93.9 Å². The van der Waals surface area contributed by atoms with E-state index in [9.17, 15) is 0 Å². The predicted molar refractivity (Wildman–Crippen MR) is 195 cm³/mol. The van der Waals surface area contributed by atoms with Crippen molar-refractivity contribution in [3.05, 3.63) is 155 Å². The van der Waals surface area contributed by atoms with E-state index in [-0.39, 0.29) is 0 Å². The van der Waals surface area contributed by atoms with Gasteiger partial charge in [-0.15, -0.1) is 0 Å². The Balaban J connectivity index is 1.50. The quantitative estimate of drug-likeness (QED) is 0.187. The number of hydrogen-bond donors (Lipinski definition) is 0. The first kappa shape index (κ1) is 27.4. The fraction of sp³-hybridized carbons (Fsp3) is 0.136. The van der Waals surface area contributed by atoms with Crippen LogP contribution in [0.1, 0.15) is 39.8 Å². The summed E-state index contributed by atoms with van der Waals surface area (Å²) in [4.78, 5) is 2.48. The molecule has 0 aliphatic heterocycles. The topological polar surface area (TPSA) is 3.24 Å². The molecule has 0 unspecified atom stereocenters. The Morgan fingerprint density at radius 2 is 1.09 bits per heavy atom. The SMILES string of the molecule is Cc1cc(C)cc(N(c2cc(C)cc(C)c2)c2cc3cc(-c4cccc5c4CCC=C5)c4ccccc4c3c3ccccc23)c1. The smallest absolute Gasteiger partial charge is 0.0546 e. The first-order valence-electron chi connectivity index (χ1n) is 16.1. The van der Waals surface area contributed by atoms with Gasteiger partial charge < -0.3 is 4.90 Å². The number of rotatable bonds is 4. The van der Waals surface area contributed by atoms with Crippen molar-refractivity contribution in [3.63, 3.8) is 0 Å². The zero-order valence-corrected chi connectivity index (χ0v) is 26.5. The van der Waals surface area contributed by atoms with Crippen LogP contribution in [-0.2, 0) is 6.42 Å². The highest BCUT2D eigenvalue weighted by Crippen LogP contribution is 2.46. The molecule has 0 aromatic heterocycles. The van der Waals surface area contributed by atoms with Crippen molar-refractivity contribution >= 4 is 55.5 Å². The second-order valence-electron chi connectivity index (χ2n) is 12.9. The monoisotopic (exact) mass is 579 g/mol. The van der Waals surface area contributed by atoms with Crippen molar-refractivity contribution in [2.45, 2.75) is 40.5 Å². The highest BCUT2D eigenvalue weighted by Gasteiger charge is 2.21. The fourth-order valence-electron chi connectivity index (χ4n) is 7.69. The van der Waals surface area contributed by atoms with Gasteiger partial charge in [0, 0.05) is 16.8 Å². The van der Waals surface area contributed by atoms with Gasteiger partial charge in [-0.2, -0.15) is 0 Å². The van der Waals surface area contributed by atoms with Gasteiger partial charge in [-0.1, -0.05) is 91.0 Å². The number of allylic oxidation sites excluding steroid dienone is 1. The minimum absolute atomic E-state index is 1.07. The van der Waals surface area contributed by atoms with Crippen LogP contribution in [-0.4, -0.2) is 0 Å². The van der Waals surface area contributed by atoms with Gasteiger partial charge in [0.15, 0.2) is 0 Å². The van der Waals surface area contributed by atoms with Crippen molar-refractivity contribution in [2.75, 3.05) is 4.90 Å². The Labute approximate surface area is 266 Å². The van der Waals surface area contributed by atoms with E-state index >= 15 is 0 Å². The molecule has 218 valence electrons. The lowest BCUT2D eigenvalue weighted by Gasteiger charge is -2.29. The molecule has 1 aliphatic carbocycles. The lowest BCUT2D eigenvalue weighted by atomic mass is 9.85. The second kappa shape index (κ2) is 10.8. The van der Waals surface area contributed by atoms with Gasteiger partial charge in [0.25, 0.3) is 0 Å². The number of nitrogens with zero attached hydrogens (tertiary/aromatic N) is 1. The van der Waals surface area contributed by atoms with E-state index < -0.39 is 0 Å². The number of aryl methyl sites for hydroxylation is 4. The molecule has 0 saturated heterocycles. The van der Waals surface area contributed by atoms with Gasteiger partial charge >= 0.3 is 0 Å². The normalized spacial score (nSPS) is 12.6.